The quantitative estimate of drug-likeness (QED) is 0.834. The van der Waals surface area contributed by atoms with Crippen molar-refractivity contribution in [1.82, 2.24) is 9.88 Å². The van der Waals surface area contributed by atoms with E-state index in [1.54, 1.807) is 32.5 Å². The highest BCUT2D eigenvalue weighted by Crippen LogP contribution is 2.45. The number of hydrogen-bond acceptors (Lipinski definition) is 5. The molecule has 2 aromatic rings. The summed E-state index contributed by atoms with van der Waals surface area (Å²) < 4.78 is 17.1. The summed E-state index contributed by atoms with van der Waals surface area (Å²) in [6, 6.07) is 9.60. The minimum absolute atomic E-state index is 0.00149. The number of rotatable bonds is 3. The number of carbonyl (C=O) groups is 1. The molecule has 1 fully saturated rings. The fourth-order valence-electron chi connectivity index (χ4n) is 4.20. The number of methoxy groups -OCH3 is 2. The average Bonchev–Trinajstić information content (AvgIpc) is 2.73. The number of aromatic nitrogens is 1. The second kappa shape index (κ2) is 7.19. The fourth-order valence-corrected chi connectivity index (χ4v) is 4.20. The second-order valence-corrected chi connectivity index (χ2v) is 6.97. The van der Waals surface area contributed by atoms with Crippen molar-refractivity contribution in [2.75, 3.05) is 33.9 Å². The van der Waals surface area contributed by atoms with E-state index in [4.69, 9.17) is 14.2 Å². The third-order valence-corrected chi connectivity index (χ3v) is 5.59. The van der Waals surface area contributed by atoms with Gasteiger partial charge >= 0.3 is 0 Å². The molecule has 0 N–H and O–H groups in total. The van der Waals surface area contributed by atoms with Gasteiger partial charge in [-0.25, -0.2) is 4.98 Å². The molecule has 1 amide bonds. The van der Waals surface area contributed by atoms with Crippen LogP contribution in [0.5, 0.6) is 11.6 Å². The monoisotopic (exact) mass is 368 g/mol. The van der Waals surface area contributed by atoms with E-state index >= 15 is 0 Å². The molecule has 4 rings (SSSR count). The van der Waals surface area contributed by atoms with Crippen molar-refractivity contribution >= 4 is 5.91 Å². The van der Waals surface area contributed by atoms with Gasteiger partial charge in [-0.1, -0.05) is 12.1 Å². The van der Waals surface area contributed by atoms with Gasteiger partial charge in [-0.15, -0.1) is 0 Å². The lowest BCUT2D eigenvalue weighted by atomic mass is 9.78. The highest BCUT2D eigenvalue weighted by molar-refractivity contribution is 5.94. The van der Waals surface area contributed by atoms with E-state index < -0.39 is 0 Å². The average molecular weight is 368 g/mol. The first-order valence-electron chi connectivity index (χ1n) is 9.26. The Bertz CT molecular complexity index is 830. The number of ether oxygens (including phenoxy) is 3. The molecule has 2 aliphatic heterocycles. The highest BCUT2D eigenvalue weighted by atomic mass is 16.5. The van der Waals surface area contributed by atoms with Crippen LogP contribution in [0.1, 0.15) is 34.3 Å². The molecule has 27 heavy (non-hydrogen) atoms. The topological polar surface area (TPSA) is 60.9 Å². The van der Waals surface area contributed by atoms with E-state index in [1.807, 2.05) is 17.0 Å². The molecule has 1 saturated heterocycles. The zero-order valence-electron chi connectivity index (χ0n) is 15.7. The van der Waals surface area contributed by atoms with Gasteiger partial charge in [0, 0.05) is 36.5 Å². The third-order valence-electron chi connectivity index (χ3n) is 5.59. The Morgan fingerprint density at radius 2 is 2.00 bits per heavy atom. The van der Waals surface area contributed by atoms with Gasteiger partial charge in [-0.3, -0.25) is 4.79 Å². The number of hydrogen-bond donors (Lipinski definition) is 0. The van der Waals surface area contributed by atoms with Crippen LogP contribution in [0.2, 0.25) is 0 Å². The number of piperidine rings is 1. The second-order valence-electron chi connectivity index (χ2n) is 6.97. The first kappa shape index (κ1) is 17.8. The van der Waals surface area contributed by atoms with Crippen LogP contribution < -0.4 is 9.47 Å². The highest BCUT2D eigenvalue weighted by Gasteiger charge is 2.43. The Hall–Kier alpha value is -2.60. The molecule has 6 nitrogen and oxygen atoms in total. The SMILES string of the molecule is COc1cc(C(=O)N2CCC3(CC2)OCCc2cccc(OC)c23)ccn1. The van der Waals surface area contributed by atoms with E-state index in [2.05, 4.69) is 11.1 Å². The van der Waals surface area contributed by atoms with E-state index in [0.717, 1.165) is 30.6 Å². The van der Waals surface area contributed by atoms with Crippen LogP contribution in [0.4, 0.5) is 0 Å². The summed E-state index contributed by atoms with van der Waals surface area (Å²) in [4.78, 5) is 18.8. The van der Waals surface area contributed by atoms with Crippen LogP contribution in [0, 0.1) is 0 Å². The number of likely N-dealkylation sites (tertiary alicyclic amines) is 1. The fraction of sp³-hybridized carbons (Fsp3) is 0.429. The van der Waals surface area contributed by atoms with Gasteiger partial charge in [0.05, 0.1) is 20.8 Å². The number of benzene rings is 1. The van der Waals surface area contributed by atoms with Crippen molar-refractivity contribution < 1.29 is 19.0 Å². The Kier molecular flexibility index (Phi) is 4.74. The summed E-state index contributed by atoms with van der Waals surface area (Å²) in [7, 11) is 3.25. The van der Waals surface area contributed by atoms with Crippen LogP contribution in [0.3, 0.4) is 0 Å². The van der Waals surface area contributed by atoms with Crippen LogP contribution in [-0.2, 0) is 16.8 Å². The Morgan fingerprint density at radius 1 is 1.19 bits per heavy atom. The molecule has 142 valence electrons. The van der Waals surface area contributed by atoms with E-state index in [-0.39, 0.29) is 11.5 Å². The van der Waals surface area contributed by atoms with Crippen LogP contribution >= 0.6 is 0 Å². The summed E-state index contributed by atoms with van der Waals surface area (Å²) in [5, 5.41) is 0. The zero-order valence-corrected chi connectivity index (χ0v) is 15.7. The third kappa shape index (κ3) is 3.14. The van der Waals surface area contributed by atoms with Crippen molar-refractivity contribution in [3.05, 3.63) is 53.2 Å². The predicted molar refractivity (Wildman–Crippen MR) is 100 cm³/mol. The maximum Gasteiger partial charge on any atom is 0.254 e. The smallest absolute Gasteiger partial charge is 0.254 e. The van der Waals surface area contributed by atoms with Crippen molar-refractivity contribution in [3.63, 3.8) is 0 Å². The number of nitrogens with zero attached hydrogens (tertiary/aromatic N) is 2. The molecule has 0 saturated carbocycles. The maximum absolute atomic E-state index is 12.9. The summed E-state index contributed by atoms with van der Waals surface area (Å²) in [6.07, 6.45) is 4.01. The first-order valence-corrected chi connectivity index (χ1v) is 9.26. The van der Waals surface area contributed by atoms with Gasteiger partial charge < -0.3 is 19.1 Å². The largest absolute Gasteiger partial charge is 0.496 e. The van der Waals surface area contributed by atoms with E-state index in [9.17, 15) is 4.79 Å². The lowest BCUT2D eigenvalue weighted by molar-refractivity contribution is -0.0946. The molecule has 3 heterocycles. The van der Waals surface area contributed by atoms with Gasteiger partial charge in [0.25, 0.3) is 5.91 Å². The van der Waals surface area contributed by atoms with Gasteiger partial charge in [-0.2, -0.15) is 0 Å². The van der Waals surface area contributed by atoms with Crippen molar-refractivity contribution in [1.29, 1.82) is 0 Å². The standard InChI is InChI=1S/C21H24N2O4/c1-25-17-5-3-4-15-7-13-27-21(19(15)17)8-11-23(12-9-21)20(24)16-6-10-22-18(14-16)26-2/h3-6,10,14H,7-9,11-13H2,1-2H3. The van der Waals surface area contributed by atoms with Crippen molar-refractivity contribution in [3.8, 4) is 11.6 Å². The van der Waals surface area contributed by atoms with Crippen LogP contribution in [0.25, 0.3) is 0 Å². The zero-order chi connectivity index (χ0) is 18.9. The van der Waals surface area contributed by atoms with Gasteiger partial charge in [0.1, 0.15) is 11.4 Å². The molecule has 2 aliphatic rings. The number of pyridine rings is 1. The summed E-state index contributed by atoms with van der Waals surface area (Å²) in [6.45, 7) is 1.98. The minimum atomic E-state index is -0.368. The molecule has 1 aromatic heterocycles. The normalized spacial score (nSPS) is 18.1. The molecular formula is C21H24N2O4. The number of amides is 1. The van der Waals surface area contributed by atoms with E-state index in [1.165, 1.54) is 5.56 Å². The van der Waals surface area contributed by atoms with Crippen LogP contribution in [0.15, 0.2) is 36.5 Å². The van der Waals surface area contributed by atoms with Gasteiger partial charge in [0.15, 0.2) is 0 Å². The molecule has 0 atom stereocenters. The Labute approximate surface area is 159 Å². The van der Waals surface area contributed by atoms with Crippen molar-refractivity contribution in [2.24, 2.45) is 0 Å². The predicted octanol–water partition coefficient (Wildman–Crippen LogP) is 2.80. The lowest BCUT2D eigenvalue weighted by Crippen LogP contribution is -2.48. The Morgan fingerprint density at radius 3 is 2.74 bits per heavy atom. The maximum atomic E-state index is 12.9. The lowest BCUT2D eigenvalue weighted by Gasteiger charge is -2.45. The molecule has 6 heteroatoms. The summed E-state index contributed by atoms with van der Waals surface area (Å²) in [5.74, 6) is 1.33. The first-order chi connectivity index (χ1) is 13.2. The van der Waals surface area contributed by atoms with Crippen LogP contribution in [-0.4, -0.2) is 49.7 Å². The van der Waals surface area contributed by atoms with E-state index in [0.29, 0.717) is 31.1 Å². The molecule has 0 radical (unpaired) electrons. The molecule has 1 spiro atoms. The van der Waals surface area contributed by atoms with Gasteiger partial charge in [-0.05, 0) is 37.0 Å². The summed E-state index contributed by atoms with van der Waals surface area (Å²) >= 11 is 0. The number of fused-ring (bicyclic) bond motifs is 2. The molecule has 0 bridgehead atoms. The van der Waals surface area contributed by atoms with Gasteiger partial charge in [0.2, 0.25) is 5.88 Å². The van der Waals surface area contributed by atoms with Crippen molar-refractivity contribution in [2.45, 2.75) is 24.9 Å². The molecule has 0 unspecified atom stereocenters. The molecule has 0 aliphatic carbocycles. The minimum Gasteiger partial charge on any atom is -0.496 e. The Balaban J connectivity index is 1.55. The molecule has 1 aromatic carbocycles. The summed E-state index contributed by atoms with van der Waals surface area (Å²) in [5.41, 5.74) is 2.68. The molecular weight excluding hydrogens is 344 g/mol. The number of carbonyl (C=O) groups excluding carboxylic acids is 1.